The Labute approximate surface area is 104 Å². The average Bonchev–Trinajstić information content (AvgIpc) is 2.15. The highest BCUT2D eigenvalue weighted by Gasteiger charge is 2.30. The van der Waals surface area contributed by atoms with Crippen LogP contribution in [0.3, 0.4) is 0 Å². The molecule has 0 spiro atoms. The van der Waals surface area contributed by atoms with Gasteiger partial charge in [0.2, 0.25) is 10.0 Å². The van der Waals surface area contributed by atoms with Gasteiger partial charge in [-0.1, -0.05) is 0 Å². The van der Waals surface area contributed by atoms with E-state index in [-0.39, 0.29) is 17.4 Å². The lowest BCUT2D eigenvalue weighted by atomic mass is 9.95. The van der Waals surface area contributed by atoms with Crippen LogP contribution in [-0.2, 0) is 14.8 Å². The number of sulfonamides is 1. The maximum Gasteiger partial charge on any atom is 0.211 e. The molecule has 1 heterocycles. The predicted molar refractivity (Wildman–Crippen MR) is 68.5 cm³/mol. The highest BCUT2D eigenvalue weighted by molar-refractivity contribution is 7.89. The number of ether oxygens (including phenoxy) is 1. The second kappa shape index (κ2) is 6.13. The molecule has 1 aliphatic rings. The summed E-state index contributed by atoms with van der Waals surface area (Å²) in [5.41, 5.74) is -0.226. The minimum atomic E-state index is -3.15. The van der Waals surface area contributed by atoms with Crippen molar-refractivity contribution in [1.82, 2.24) is 10.0 Å². The monoisotopic (exact) mass is 264 g/mol. The first-order chi connectivity index (χ1) is 7.85. The lowest BCUT2D eigenvalue weighted by molar-refractivity contribution is -0.0599. The summed E-state index contributed by atoms with van der Waals surface area (Å²) in [6, 6.07) is 0.0123. The van der Waals surface area contributed by atoms with E-state index in [1.807, 2.05) is 20.9 Å². The smallest absolute Gasteiger partial charge is 0.211 e. The van der Waals surface area contributed by atoms with Gasteiger partial charge in [-0.2, -0.15) is 0 Å². The molecule has 102 valence electrons. The normalized spacial score (nSPS) is 24.8. The third kappa shape index (κ3) is 5.81. The van der Waals surface area contributed by atoms with Gasteiger partial charge in [0.25, 0.3) is 0 Å². The first-order valence-electron chi connectivity index (χ1n) is 6.13. The maximum atomic E-state index is 11.8. The van der Waals surface area contributed by atoms with Crippen LogP contribution in [-0.4, -0.2) is 46.0 Å². The fourth-order valence-corrected chi connectivity index (χ4v) is 3.44. The van der Waals surface area contributed by atoms with Crippen molar-refractivity contribution < 1.29 is 13.2 Å². The SMILES string of the molecule is CNCCCS(=O)(=O)NC1CCOC(C)(C)C1. The molecular formula is C11H24N2O3S. The fraction of sp³-hybridized carbons (Fsp3) is 1.00. The first-order valence-corrected chi connectivity index (χ1v) is 7.78. The van der Waals surface area contributed by atoms with Crippen LogP contribution in [0.1, 0.15) is 33.1 Å². The third-order valence-corrected chi connectivity index (χ3v) is 4.40. The van der Waals surface area contributed by atoms with Gasteiger partial charge in [0, 0.05) is 12.6 Å². The molecule has 0 aromatic carbocycles. The summed E-state index contributed by atoms with van der Waals surface area (Å²) in [6.45, 7) is 5.33. The van der Waals surface area contributed by atoms with Gasteiger partial charge in [-0.25, -0.2) is 13.1 Å². The Balaban J connectivity index is 2.41. The molecule has 1 atom stereocenters. The highest BCUT2D eigenvalue weighted by atomic mass is 32.2. The van der Waals surface area contributed by atoms with Crippen molar-refractivity contribution in [3.05, 3.63) is 0 Å². The van der Waals surface area contributed by atoms with E-state index in [0.29, 0.717) is 13.0 Å². The molecule has 0 radical (unpaired) electrons. The standard InChI is InChI=1S/C11H24N2O3S/c1-11(2)9-10(5-7-16-11)13-17(14,15)8-4-6-12-3/h10,12-13H,4-9H2,1-3H3. The molecule has 0 aromatic rings. The summed E-state index contributed by atoms with van der Waals surface area (Å²) in [6.07, 6.45) is 2.13. The highest BCUT2D eigenvalue weighted by Crippen LogP contribution is 2.24. The molecule has 0 saturated carbocycles. The molecule has 0 amide bonds. The third-order valence-electron chi connectivity index (χ3n) is 2.88. The molecule has 5 nitrogen and oxygen atoms in total. The molecule has 1 saturated heterocycles. The van der Waals surface area contributed by atoms with Crippen LogP contribution in [0, 0.1) is 0 Å². The first kappa shape index (κ1) is 14.9. The zero-order chi connectivity index (χ0) is 12.9. The van der Waals surface area contributed by atoms with E-state index in [0.717, 1.165) is 19.4 Å². The molecule has 1 fully saturated rings. The summed E-state index contributed by atoms with van der Waals surface area (Å²) >= 11 is 0. The second-order valence-electron chi connectivity index (χ2n) is 5.19. The van der Waals surface area contributed by atoms with Gasteiger partial charge in [-0.05, 0) is 46.7 Å². The van der Waals surface area contributed by atoms with Crippen LogP contribution >= 0.6 is 0 Å². The Morgan fingerprint density at radius 1 is 1.41 bits per heavy atom. The summed E-state index contributed by atoms with van der Waals surface area (Å²) in [5, 5.41) is 2.94. The minimum Gasteiger partial charge on any atom is -0.375 e. The fourth-order valence-electron chi connectivity index (χ4n) is 2.08. The van der Waals surface area contributed by atoms with Crippen molar-refractivity contribution in [2.24, 2.45) is 0 Å². The van der Waals surface area contributed by atoms with Crippen LogP contribution in [0.2, 0.25) is 0 Å². The average molecular weight is 264 g/mol. The summed E-state index contributed by atoms with van der Waals surface area (Å²) < 4.78 is 31.9. The molecule has 1 rings (SSSR count). The lowest BCUT2D eigenvalue weighted by Gasteiger charge is -2.35. The topological polar surface area (TPSA) is 67.4 Å². The maximum absolute atomic E-state index is 11.8. The Bertz CT molecular complexity index is 328. The molecule has 6 heteroatoms. The molecular weight excluding hydrogens is 240 g/mol. The number of nitrogens with one attached hydrogen (secondary N) is 2. The van der Waals surface area contributed by atoms with Gasteiger partial charge in [0.05, 0.1) is 11.4 Å². The number of rotatable bonds is 6. The second-order valence-corrected chi connectivity index (χ2v) is 7.07. The zero-order valence-corrected chi connectivity index (χ0v) is 11.8. The van der Waals surface area contributed by atoms with Gasteiger partial charge in [0.15, 0.2) is 0 Å². The molecule has 1 aliphatic heterocycles. The van der Waals surface area contributed by atoms with Crippen molar-refractivity contribution >= 4 is 10.0 Å². The number of hydrogen-bond acceptors (Lipinski definition) is 4. The zero-order valence-electron chi connectivity index (χ0n) is 11.0. The molecule has 0 bridgehead atoms. The minimum absolute atomic E-state index is 0.0123. The van der Waals surface area contributed by atoms with Gasteiger partial charge in [-0.15, -0.1) is 0 Å². The van der Waals surface area contributed by atoms with E-state index < -0.39 is 10.0 Å². The van der Waals surface area contributed by atoms with Gasteiger partial charge >= 0.3 is 0 Å². The summed E-state index contributed by atoms with van der Waals surface area (Å²) in [7, 11) is -1.33. The Kier molecular flexibility index (Phi) is 5.37. The number of hydrogen-bond donors (Lipinski definition) is 2. The molecule has 17 heavy (non-hydrogen) atoms. The Morgan fingerprint density at radius 2 is 2.12 bits per heavy atom. The van der Waals surface area contributed by atoms with Crippen LogP contribution in [0.15, 0.2) is 0 Å². The van der Waals surface area contributed by atoms with Crippen LogP contribution in [0.4, 0.5) is 0 Å². The quantitative estimate of drug-likeness (QED) is 0.685. The summed E-state index contributed by atoms with van der Waals surface area (Å²) in [4.78, 5) is 0. The van der Waals surface area contributed by atoms with Crippen molar-refractivity contribution in [3.8, 4) is 0 Å². The van der Waals surface area contributed by atoms with Crippen molar-refractivity contribution in [2.75, 3.05) is 26.0 Å². The Morgan fingerprint density at radius 3 is 2.71 bits per heavy atom. The van der Waals surface area contributed by atoms with Crippen molar-refractivity contribution in [2.45, 2.75) is 44.8 Å². The van der Waals surface area contributed by atoms with E-state index in [1.165, 1.54) is 0 Å². The van der Waals surface area contributed by atoms with Gasteiger partial charge < -0.3 is 10.1 Å². The van der Waals surface area contributed by atoms with Gasteiger partial charge in [0.1, 0.15) is 0 Å². The van der Waals surface area contributed by atoms with E-state index in [9.17, 15) is 8.42 Å². The van der Waals surface area contributed by atoms with E-state index >= 15 is 0 Å². The molecule has 0 aliphatic carbocycles. The van der Waals surface area contributed by atoms with Crippen molar-refractivity contribution in [3.63, 3.8) is 0 Å². The van der Waals surface area contributed by atoms with E-state index in [1.54, 1.807) is 0 Å². The lowest BCUT2D eigenvalue weighted by Crippen LogP contribution is -2.46. The van der Waals surface area contributed by atoms with E-state index in [4.69, 9.17) is 4.74 Å². The van der Waals surface area contributed by atoms with E-state index in [2.05, 4.69) is 10.0 Å². The predicted octanol–water partition coefficient (Wildman–Crippen LogP) is 0.473. The Hall–Kier alpha value is -0.170. The largest absolute Gasteiger partial charge is 0.375 e. The van der Waals surface area contributed by atoms with Crippen LogP contribution < -0.4 is 10.0 Å². The van der Waals surface area contributed by atoms with Crippen LogP contribution in [0.5, 0.6) is 0 Å². The molecule has 2 N–H and O–H groups in total. The van der Waals surface area contributed by atoms with Crippen LogP contribution in [0.25, 0.3) is 0 Å². The molecule has 1 unspecified atom stereocenters. The molecule has 0 aromatic heterocycles. The van der Waals surface area contributed by atoms with Crippen molar-refractivity contribution in [1.29, 1.82) is 0 Å². The summed E-state index contributed by atoms with van der Waals surface area (Å²) in [5.74, 6) is 0.186. The van der Waals surface area contributed by atoms with Gasteiger partial charge in [-0.3, -0.25) is 0 Å².